The third-order valence-electron chi connectivity index (χ3n) is 5.49. The largest absolute Gasteiger partial charge is 0.423 e. The van der Waals surface area contributed by atoms with Gasteiger partial charge in [0.2, 0.25) is 11.5 Å². The molecule has 0 fully saturated rings. The van der Waals surface area contributed by atoms with E-state index in [1.807, 2.05) is 0 Å². The van der Waals surface area contributed by atoms with Gasteiger partial charge in [0.25, 0.3) is 0 Å². The molecule has 2 aromatic rings. The Labute approximate surface area is 215 Å². The highest BCUT2D eigenvalue weighted by Gasteiger charge is 2.56. The van der Waals surface area contributed by atoms with E-state index in [-0.39, 0.29) is 53.9 Å². The number of hydrogen-bond acceptors (Lipinski definition) is 4. The zero-order valence-corrected chi connectivity index (χ0v) is 20.5. The van der Waals surface area contributed by atoms with E-state index < -0.39 is 47.4 Å². The Kier molecular flexibility index (Phi) is 9.60. The molecule has 212 valence electrons. The number of halogens is 10. The summed E-state index contributed by atoms with van der Waals surface area (Å²) in [7, 11) is 1.42. The molecule has 0 saturated heterocycles. The van der Waals surface area contributed by atoms with Gasteiger partial charge in [-0.15, -0.1) is 0 Å². The fraction of sp³-hybridized carbons (Fsp3) is 0.435. The highest BCUT2D eigenvalue weighted by molar-refractivity contribution is 6.31. The van der Waals surface area contributed by atoms with Crippen molar-refractivity contribution in [1.82, 2.24) is 5.32 Å². The first-order chi connectivity index (χ1) is 17.3. The van der Waals surface area contributed by atoms with Gasteiger partial charge in [-0.2, -0.15) is 39.5 Å². The zero-order chi connectivity index (χ0) is 29.1. The molecule has 0 aliphatic carbocycles. The fourth-order valence-electron chi connectivity index (χ4n) is 3.20. The van der Waals surface area contributed by atoms with Gasteiger partial charge in [0.15, 0.2) is 0 Å². The standard InChI is InChI=1S/C23H22ClF9N2O3/c1-12(38-2)5-19(36)34-10-13-3-4-17(9-18(13)24)35-11-20(37,23(31,32)33)14-6-15(21(25,26)27)8-16(7-14)22(28,29)30/h3-4,6-9,12,35,37H,5,10-11H2,1-2H3,(H,34,36)/t12-,20+/m1/s1. The van der Waals surface area contributed by atoms with Crippen LogP contribution >= 0.6 is 11.6 Å². The first-order valence-electron chi connectivity index (χ1n) is 10.7. The summed E-state index contributed by atoms with van der Waals surface area (Å²) in [6.45, 7) is 0.0697. The average Bonchev–Trinajstić information content (AvgIpc) is 2.79. The highest BCUT2D eigenvalue weighted by atomic mass is 35.5. The second-order valence-corrected chi connectivity index (χ2v) is 8.75. The molecule has 0 radical (unpaired) electrons. The molecule has 0 spiro atoms. The maximum atomic E-state index is 13.9. The van der Waals surface area contributed by atoms with Crippen LogP contribution in [0, 0.1) is 0 Å². The summed E-state index contributed by atoms with van der Waals surface area (Å²) in [4.78, 5) is 11.9. The molecule has 1 amide bonds. The molecule has 2 aromatic carbocycles. The molecule has 3 N–H and O–H groups in total. The van der Waals surface area contributed by atoms with Gasteiger partial charge >= 0.3 is 18.5 Å². The maximum absolute atomic E-state index is 13.9. The molecule has 0 aliphatic heterocycles. The lowest BCUT2D eigenvalue weighted by molar-refractivity contribution is -0.261. The smallest absolute Gasteiger partial charge is 0.381 e. The Morgan fingerprint density at radius 3 is 1.92 bits per heavy atom. The topological polar surface area (TPSA) is 70.6 Å². The van der Waals surface area contributed by atoms with E-state index in [0.717, 1.165) is 6.07 Å². The number of amides is 1. The van der Waals surface area contributed by atoms with Crippen LogP contribution in [0.4, 0.5) is 45.2 Å². The van der Waals surface area contributed by atoms with Gasteiger partial charge in [-0.25, -0.2) is 0 Å². The van der Waals surface area contributed by atoms with E-state index in [4.69, 9.17) is 16.3 Å². The first-order valence-corrected chi connectivity index (χ1v) is 11.1. The number of carbonyl (C=O) groups excluding carboxylic acids is 1. The number of carbonyl (C=O) groups is 1. The van der Waals surface area contributed by atoms with Crippen molar-refractivity contribution in [3.05, 3.63) is 63.7 Å². The minimum absolute atomic E-state index is 0.0240. The molecule has 0 saturated carbocycles. The van der Waals surface area contributed by atoms with Crippen LogP contribution in [-0.2, 0) is 34.0 Å². The van der Waals surface area contributed by atoms with Gasteiger partial charge in [-0.3, -0.25) is 4.79 Å². The van der Waals surface area contributed by atoms with Crippen molar-refractivity contribution in [3.63, 3.8) is 0 Å². The number of aliphatic hydroxyl groups is 1. The van der Waals surface area contributed by atoms with E-state index in [0.29, 0.717) is 5.56 Å². The Morgan fingerprint density at radius 2 is 1.47 bits per heavy atom. The molecular formula is C23H22ClF9N2O3. The number of alkyl halides is 9. The van der Waals surface area contributed by atoms with Crippen molar-refractivity contribution in [3.8, 4) is 0 Å². The Balaban J connectivity index is 2.32. The van der Waals surface area contributed by atoms with E-state index in [1.54, 1.807) is 6.92 Å². The van der Waals surface area contributed by atoms with E-state index in [9.17, 15) is 49.4 Å². The summed E-state index contributed by atoms with van der Waals surface area (Å²) in [5.41, 5.74) is -9.61. The zero-order valence-electron chi connectivity index (χ0n) is 19.7. The summed E-state index contributed by atoms with van der Waals surface area (Å²) < 4.78 is 125. The van der Waals surface area contributed by atoms with Crippen LogP contribution in [0.1, 0.15) is 35.6 Å². The Morgan fingerprint density at radius 1 is 0.947 bits per heavy atom. The number of hydrogen-bond donors (Lipinski definition) is 3. The van der Waals surface area contributed by atoms with Crippen molar-refractivity contribution < 1.29 is 54.2 Å². The van der Waals surface area contributed by atoms with E-state index >= 15 is 0 Å². The third kappa shape index (κ3) is 7.90. The molecule has 0 heterocycles. The second-order valence-electron chi connectivity index (χ2n) is 8.34. The summed E-state index contributed by atoms with van der Waals surface area (Å²) in [6, 6.07) is 2.92. The monoisotopic (exact) mass is 580 g/mol. The number of ether oxygens (including phenoxy) is 1. The Hall–Kier alpha value is -2.71. The summed E-state index contributed by atoms with van der Waals surface area (Å²) >= 11 is 6.09. The Bertz CT molecular complexity index is 1100. The molecule has 2 rings (SSSR count). The predicted octanol–water partition coefficient (Wildman–Crippen LogP) is 6.28. The van der Waals surface area contributed by atoms with Crippen molar-refractivity contribution in [1.29, 1.82) is 0 Å². The van der Waals surface area contributed by atoms with Crippen LogP contribution in [0.25, 0.3) is 0 Å². The van der Waals surface area contributed by atoms with E-state index in [2.05, 4.69) is 10.6 Å². The fourth-order valence-corrected chi connectivity index (χ4v) is 3.45. The van der Waals surface area contributed by atoms with Crippen LogP contribution < -0.4 is 10.6 Å². The highest BCUT2D eigenvalue weighted by Crippen LogP contribution is 2.44. The van der Waals surface area contributed by atoms with Gasteiger partial charge < -0.3 is 20.5 Å². The van der Waals surface area contributed by atoms with Crippen LogP contribution in [0.15, 0.2) is 36.4 Å². The summed E-state index contributed by atoms with van der Waals surface area (Å²) in [5.74, 6) is -0.368. The van der Waals surface area contributed by atoms with Gasteiger partial charge in [0.05, 0.1) is 30.2 Å². The van der Waals surface area contributed by atoms with Gasteiger partial charge in [0, 0.05) is 24.4 Å². The molecule has 0 aliphatic rings. The van der Waals surface area contributed by atoms with Crippen molar-refractivity contribution in [2.75, 3.05) is 19.0 Å². The van der Waals surface area contributed by atoms with Gasteiger partial charge in [-0.05, 0) is 48.4 Å². The predicted molar refractivity (Wildman–Crippen MR) is 119 cm³/mol. The molecule has 2 atom stereocenters. The van der Waals surface area contributed by atoms with Crippen LogP contribution in [0.3, 0.4) is 0 Å². The second kappa shape index (κ2) is 11.6. The number of benzene rings is 2. The van der Waals surface area contributed by atoms with Crippen molar-refractivity contribution in [2.24, 2.45) is 0 Å². The lowest BCUT2D eigenvalue weighted by Gasteiger charge is -2.32. The van der Waals surface area contributed by atoms with Crippen molar-refractivity contribution in [2.45, 2.75) is 50.1 Å². The van der Waals surface area contributed by atoms with Gasteiger partial charge in [-0.1, -0.05) is 17.7 Å². The minimum Gasteiger partial charge on any atom is -0.381 e. The summed E-state index contributed by atoms with van der Waals surface area (Å²) in [5, 5.41) is 15.1. The SMILES string of the molecule is CO[C@H](C)CC(=O)NCc1ccc(NC[C@](O)(c2cc(C(F)(F)F)cc(C(F)(F)F)c2)C(F)(F)F)cc1Cl. The third-order valence-corrected chi connectivity index (χ3v) is 5.84. The van der Waals surface area contributed by atoms with Gasteiger partial charge in [0.1, 0.15) is 0 Å². The molecule has 38 heavy (non-hydrogen) atoms. The minimum atomic E-state index is -5.68. The molecule has 0 aromatic heterocycles. The number of rotatable bonds is 9. The van der Waals surface area contributed by atoms with Crippen LogP contribution in [0.5, 0.6) is 0 Å². The average molecular weight is 581 g/mol. The summed E-state index contributed by atoms with van der Waals surface area (Å²) in [6.07, 6.45) is -16.8. The van der Waals surface area contributed by atoms with Crippen LogP contribution in [-0.4, -0.2) is 36.9 Å². The first kappa shape index (κ1) is 31.5. The lowest BCUT2D eigenvalue weighted by atomic mass is 9.89. The number of anilines is 1. The lowest BCUT2D eigenvalue weighted by Crippen LogP contribution is -2.48. The number of nitrogens with one attached hydrogen (secondary N) is 2. The molecular weight excluding hydrogens is 559 g/mol. The number of methoxy groups -OCH3 is 1. The maximum Gasteiger partial charge on any atom is 0.423 e. The van der Waals surface area contributed by atoms with E-state index in [1.165, 1.54) is 19.2 Å². The van der Waals surface area contributed by atoms with Crippen LogP contribution in [0.2, 0.25) is 5.02 Å². The molecule has 0 bridgehead atoms. The van der Waals surface area contributed by atoms with Crippen molar-refractivity contribution >= 4 is 23.2 Å². The normalized spacial score (nSPS) is 15.1. The quantitative estimate of drug-likeness (QED) is 0.305. The molecule has 0 unspecified atom stereocenters. The molecule has 5 nitrogen and oxygen atoms in total. The molecule has 15 heteroatoms.